The van der Waals surface area contributed by atoms with Gasteiger partial charge in [-0.25, -0.2) is 9.37 Å². The summed E-state index contributed by atoms with van der Waals surface area (Å²) in [5.74, 6) is 0.471. The maximum absolute atomic E-state index is 12.9. The van der Waals surface area contributed by atoms with Crippen molar-refractivity contribution >= 4 is 45.7 Å². The van der Waals surface area contributed by atoms with Gasteiger partial charge in [-0.05, 0) is 43.3 Å². The molecule has 3 rings (SSSR count). The van der Waals surface area contributed by atoms with Crippen molar-refractivity contribution in [2.45, 2.75) is 12.7 Å². The van der Waals surface area contributed by atoms with Crippen molar-refractivity contribution in [2.24, 2.45) is 0 Å². The van der Waals surface area contributed by atoms with Crippen LogP contribution in [0.25, 0.3) is 0 Å². The molecule has 0 atom stereocenters. The predicted molar refractivity (Wildman–Crippen MR) is 119 cm³/mol. The van der Waals surface area contributed by atoms with E-state index in [2.05, 4.69) is 15.6 Å². The van der Waals surface area contributed by atoms with Crippen LogP contribution in [-0.4, -0.2) is 29.2 Å². The predicted octanol–water partition coefficient (Wildman–Crippen LogP) is 4.81. The summed E-state index contributed by atoms with van der Waals surface area (Å²) in [5.41, 5.74) is 1.77. The standard InChI is InChI=1S/C21H20FN3O3S2/c1-2-28-18-6-4-3-5-17(18)20(27)25-21-24-16(12-30-21)11-29-13-19(26)23-15-9-7-14(22)8-10-15/h3-10,12H,2,11,13H2,1H3,(H,23,26)(H,24,25,27). The molecule has 0 unspecified atom stereocenters. The fraction of sp³-hybridized carbons (Fsp3) is 0.190. The lowest BCUT2D eigenvalue weighted by Gasteiger charge is -2.08. The smallest absolute Gasteiger partial charge is 0.261 e. The monoisotopic (exact) mass is 445 g/mol. The van der Waals surface area contributed by atoms with Crippen LogP contribution >= 0.6 is 23.1 Å². The quantitative estimate of drug-likeness (QED) is 0.494. The number of para-hydroxylation sites is 1. The van der Waals surface area contributed by atoms with E-state index in [0.717, 1.165) is 5.69 Å². The van der Waals surface area contributed by atoms with Gasteiger partial charge >= 0.3 is 0 Å². The van der Waals surface area contributed by atoms with Crippen LogP contribution in [0.5, 0.6) is 5.75 Å². The fourth-order valence-electron chi connectivity index (χ4n) is 2.51. The van der Waals surface area contributed by atoms with E-state index >= 15 is 0 Å². The van der Waals surface area contributed by atoms with Gasteiger partial charge in [-0.2, -0.15) is 0 Å². The third-order valence-corrected chi connectivity index (χ3v) is 5.59. The van der Waals surface area contributed by atoms with Crippen molar-refractivity contribution in [1.29, 1.82) is 0 Å². The summed E-state index contributed by atoms with van der Waals surface area (Å²) in [6.45, 7) is 2.33. The lowest BCUT2D eigenvalue weighted by atomic mass is 10.2. The lowest BCUT2D eigenvalue weighted by molar-refractivity contribution is -0.113. The summed E-state index contributed by atoms with van der Waals surface area (Å²) < 4.78 is 18.4. The van der Waals surface area contributed by atoms with Crippen LogP contribution in [0.15, 0.2) is 53.9 Å². The molecule has 1 aromatic heterocycles. The number of aromatic nitrogens is 1. The molecule has 3 aromatic rings. The molecule has 30 heavy (non-hydrogen) atoms. The largest absolute Gasteiger partial charge is 0.493 e. The normalized spacial score (nSPS) is 10.5. The first kappa shape index (κ1) is 21.8. The summed E-state index contributed by atoms with van der Waals surface area (Å²) in [7, 11) is 0. The molecule has 156 valence electrons. The number of anilines is 2. The molecule has 9 heteroatoms. The summed E-state index contributed by atoms with van der Waals surface area (Å²) in [6, 6.07) is 12.6. The second-order valence-electron chi connectivity index (χ2n) is 6.08. The zero-order chi connectivity index (χ0) is 21.3. The van der Waals surface area contributed by atoms with Crippen LogP contribution in [0.1, 0.15) is 23.0 Å². The third-order valence-electron chi connectivity index (χ3n) is 3.81. The molecular weight excluding hydrogens is 425 g/mol. The molecule has 0 fully saturated rings. The number of rotatable bonds is 9. The maximum atomic E-state index is 12.9. The second kappa shape index (κ2) is 10.7. The van der Waals surface area contributed by atoms with Crippen molar-refractivity contribution in [2.75, 3.05) is 23.0 Å². The first-order chi connectivity index (χ1) is 14.5. The number of amides is 2. The zero-order valence-corrected chi connectivity index (χ0v) is 17.8. The van der Waals surface area contributed by atoms with E-state index in [0.29, 0.717) is 34.5 Å². The molecule has 0 aliphatic rings. The number of carbonyl (C=O) groups excluding carboxylic acids is 2. The molecule has 2 N–H and O–H groups in total. The summed E-state index contributed by atoms with van der Waals surface area (Å²) in [6.07, 6.45) is 0. The number of halogens is 1. The highest BCUT2D eigenvalue weighted by molar-refractivity contribution is 7.99. The topological polar surface area (TPSA) is 80.3 Å². The number of ether oxygens (including phenoxy) is 1. The van der Waals surface area contributed by atoms with Crippen LogP contribution in [0.4, 0.5) is 15.2 Å². The van der Waals surface area contributed by atoms with E-state index in [1.165, 1.54) is 47.4 Å². The minimum absolute atomic E-state index is 0.178. The average Bonchev–Trinajstić information content (AvgIpc) is 3.17. The number of nitrogens with zero attached hydrogens (tertiary/aromatic N) is 1. The number of hydrogen-bond acceptors (Lipinski definition) is 6. The van der Waals surface area contributed by atoms with E-state index in [9.17, 15) is 14.0 Å². The molecular formula is C21H20FN3O3S2. The van der Waals surface area contributed by atoms with Gasteiger partial charge in [-0.1, -0.05) is 12.1 Å². The molecule has 0 spiro atoms. The van der Waals surface area contributed by atoms with Gasteiger partial charge < -0.3 is 10.1 Å². The highest BCUT2D eigenvalue weighted by atomic mass is 32.2. The Hall–Kier alpha value is -2.91. The molecule has 0 bridgehead atoms. The Morgan fingerprint density at radius 2 is 1.90 bits per heavy atom. The Morgan fingerprint density at radius 1 is 1.13 bits per heavy atom. The highest BCUT2D eigenvalue weighted by Crippen LogP contribution is 2.23. The second-order valence-corrected chi connectivity index (χ2v) is 7.92. The van der Waals surface area contributed by atoms with Crippen molar-refractivity contribution in [3.8, 4) is 5.75 Å². The summed E-state index contributed by atoms with van der Waals surface area (Å²) in [4.78, 5) is 28.9. The van der Waals surface area contributed by atoms with Crippen molar-refractivity contribution in [1.82, 2.24) is 4.98 Å². The van der Waals surface area contributed by atoms with Crippen LogP contribution in [-0.2, 0) is 10.5 Å². The minimum Gasteiger partial charge on any atom is -0.493 e. The maximum Gasteiger partial charge on any atom is 0.261 e. The minimum atomic E-state index is -0.352. The Balaban J connectivity index is 1.47. The number of thioether (sulfide) groups is 1. The molecule has 6 nitrogen and oxygen atoms in total. The first-order valence-electron chi connectivity index (χ1n) is 9.16. The molecule has 0 aliphatic carbocycles. The fourth-order valence-corrected chi connectivity index (χ4v) is 4.04. The van der Waals surface area contributed by atoms with Gasteiger partial charge in [0.2, 0.25) is 5.91 Å². The lowest BCUT2D eigenvalue weighted by Crippen LogP contribution is -2.14. The van der Waals surface area contributed by atoms with Gasteiger partial charge in [0.1, 0.15) is 11.6 Å². The Labute approximate surface area is 181 Å². The van der Waals surface area contributed by atoms with E-state index in [-0.39, 0.29) is 23.4 Å². The molecule has 2 aromatic carbocycles. The van der Waals surface area contributed by atoms with Crippen LogP contribution in [0.2, 0.25) is 0 Å². The number of benzene rings is 2. The van der Waals surface area contributed by atoms with Crippen molar-refractivity contribution in [3.05, 3.63) is 71.0 Å². The summed E-state index contributed by atoms with van der Waals surface area (Å²) in [5, 5.41) is 7.82. The molecule has 0 aliphatic heterocycles. The number of thiazole rings is 1. The van der Waals surface area contributed by atoms with Crippen LogP contribution in [0, 0.1) is 5.82 Å². The van der Waals surface area contributed by atoms with Gasteiger partial charge in [0.25, 0.3) is 5.91 Å². The van der Waals surface area contributed by atoms with Gasteiger partial charge in [0.05, 0.1) is 23.6 Å². The van der Waals surface area contributed by atoms with E-state index in [4.69, 9.17) is 4.74 Å². The molecule has 0 radical (unpaired) electrons. The number of nitrogens with one attached hydrogen (secondary N) is 2. The molecule has 0 saturated heterocycles. The Morgan fingerprint density at radius 3 is 2.67 bits per heavy atom. The molecule has 1 heterocycles. The Bertz CT molecular complexity index is 1010. The van der Waals surface area contributed by atoms with E-state index < -0.39 is 0 Å². The first-order valence-corrected chi connectivity index (χ1v) is 11.2. The van der Waals surface area contributed by atoms with Gasteiger partial charge in [-0.3, -0.25) is 14.9 Å². The van der Waals surface area contributed by atoms with Gasteiger partial charge in [0.15, 0.2) is 5.13 Å². The molecule has 2 amide bonds. The summed E-state index contributed by atoms with van der Waals surface area (Å²) >= 11 is 2.72. The number of carbonyl (C=O) groups is 2. The average molecular weight is 446 g/mol. The molecule has 0 saturated carbocycles. The van der Waals surface area contributed by atoms with Gasteiger partial charge in [-0.15, -0.1) is 23.1 Å². The van der Waals surface area contributed by atoms with E-state index in [1.807, 2.05) is 18.4 Å². The van der Waals surface area contributed by atoms with Crippen LogP contribution in [0.3, 0.4) is 0 Å². The Kier molecular flexibility index (Phi) is 7.81. The number of hydrogen-bond donors (Lipinski definition) is 2. The third kappa shape index (κ3) is 6.30. The SMILES string of the molecule is CCOc1ccccc1C(=O)Nc1nc(CSCC(=O)Nc2ccc(F)cc2)cs1. The van der Waals surface area contributed by atoms with Crippen molar-refractivity contribution in [3.63, 3.8) is 0 Å². The van der Waals surface area contributed by atoms with Crippen molar-refractivity contribution < 1.29 is 18.7 Å². The zero-order valence-electron chi connectivity index (χ0n) is 16.2. The van der Waals surface area contributed by atoms with Crippen LogP contribution < -0.4 is 15.4 Å². The highest BCUT2D eigenvalue weighted by Gasteiger charge is 2.14. The van der Waals surface area contributed by atoms with E-state index in [1.54, 1.807) is 18.2 Å². The van der Waals surface area contributed by atoms with Gasteiger partial charge in [0, 0.05) is 16.8 Å².